The van der Waals surface area contributed by atoms with Gasteiger partial charge in [-0.25, -0.2) is 0 Å². The van der Waals surface area contributed by atoms with E-state index in [2.05, 4.69) is 5.32 Å². The lowest BCUT2D eigenvalue weighted by Crippen LogP contribution is -2.23. The fourth-order valence-corrected chi connectivity index (χ4v) is 1.31. The number of para-hydroxylation sites is 1. The first-order valence-corrected chi connectivity index (χ1v) is 4.90. The van der Waals surface area contributed by atoms with Crippen molar-refractivity contribution >= 4 is 11.4 Å². The second-order valence-corrected chi connectivity index (χ2v) is 3.33. The number of nitrogens with one attached hydrogen (secondary N) is 1. The molecular formula is C10H13FN2O3. The van der Waals surface area contributed by atoms with E-state index in [4.69, 9.17) is 5.11 Å². The Balaban J connectivity index is 3.03. The van der Waals surface area contributed by atoms with Crippen molar-refractivity contribution in [1.82, 2.24) is 0 Å². The fraction of sp³-hybridized carbons (Fsp3) is 0.400. The van der Waals surface area contributed by atoms with Crippen molar-refractivity contribution in [1.29, 1.82) is 0 Å². The molecule has 0 aromatic heterocycles. The minimum atomic E-state index is -0.886. The van der Waals surface area contributed by atoms with Gasteiger partial charge in [-0.1, -0.05) is 13.0 Å². The van der Waals surface area contributed by atoms with E-state index in [1.54, 1.807) is 0 Å². The molecule has 16 heavy (non-hydrogen) atoms. The molecule has 0 saturated carbocycles. The maximum Gasteiger partial charge on any atom is 0.327 e. The highest BCUT2D eigenvalue weighted by molar-refractivity contribution is 5.62. The molecule has 0 saturated heterocycles. The van der Waals surface area contributed by atoms with Crippen LogP contribution in [0.4, 0.5) is 15.8 Å². The molecule has 0 bridgehead atoms. The van der Waals surface area contributed by atoms with Crippen molar-refractivity contribution in [2.75, 3.05) is 11.9 Å². The lowest BCUT2D eigenvalue weighted by atomic mass is 10.2. The van der Waals surface area contributed by atoms with Crippen molar-refractivity contribution in [3.05, 3.63) is 34.1 Å². The van der Waals surface area contributed by atoms with Crippen LogP contribution in [0.1, 0.15) is 13.3 Å². The van der Waals surface area contributed by atoms with Gasteiger partial charge in [-0.15, -0.1) is 0 Å². The van der Waals surface area contributed by atoms with Gasteiger partial charge < -0.3 is 10.4 Å². The monoisotopic (exact) mass is 228 g/mol. The van der Waals surface area contributed by atoms with Crippen LogP contribution in [0, 0.1) is 15.9 Å². The third-order valence-electron chi connectivity index (χ3n) is 2.24. The zero-order chi connectivity index (χ0) is 12.1. The molecule has 1 atom stereocenters. The molecule has 0 aliphatic rings. The van der Waals surface area contributed by atoms with Crippen molar-refractivity contribution in [3.8, 4) is 0 Å². The number of nitrogens with zero attached hydrogens (tertiary/aromatic N) is 1. The van der Waals surface area contributed by atoms with Gasteiger partial charge in [0.1, 0.15) is 5.69 Å². The number of aliphatic hydroxyl groups is 1. The summed E-state index contributed by atoms with van der Waals surface area (Å²) >= 11 is 0. The van der Waals surface area contributed by atoms with Gasteiger partial charge in [0.15, 0.2) is 0 Å². The number of nitro benzene ring substituents is 1. The summed E-state index contributed by atoms with van der Waals surface area (Å²) in [4.78, 5) is 9.89. The molecule has 0 aliphatic carbocycles. The molecule has 0 fully saturated rings. The zero-order valence-electron chi connectivity index (χ0n) is 8.81. The predicted octanol–water partition coefficient (Wildman–Crippen LogP) is 1.92. The maximum atomic E-state index is 13.2. The second kappa shape index (κ2) is 5.41. The van der Waals surface area contributed by atoms with Crippen LogP contribution >= 0.6 is 0 Å². The Kier molecular flexibility index (Phi) is 4.19. The summed E-state index contributed by atoms with van der Waals surface area (Å²) in [7, 11) is 0. The standard InChI is InChI=1S/C10H13FN2O3/c1-2-7(6-14)12-9-5-3-4-8(11)10(9)13(15)16/h3-5,7,12,14H,2,6H2,1H3/t7-/m0/s1. The Bertz CT molecular complexity index is 380. The lowest BCUT2D eigenvalue weighted by Gasteiger charge is -2.15. The highest BCUT2D eigenvalue weighted by atomic mass is 19.1. The van der Waals surface area contributed by atoms with E-state index in [9.17, 15) is 14.5 Å². The molecule has 1 rings (SSSR count). The summed E-state index contributed by atoms with van der Waals surface area (Å²) in [5, 5.41) is 22.4. The number of rotatable bonds is 5. The van der Waals surface area contributed by atoms with Gasteiger partial charge in [0, 0.05) is 6.04 Å². The van der Waals surface area contributed by atoms with Crippen LogP contribution in [0.15, 0.2) is 18.2 Å². The molecule has 5 nitrogen and oxygen atoms in total. The van der Waals surface area contributed by atoms with Gasteiger partial charge >= 0.3 is 5.69 Å². The predicted molar refractivity (Wildman–Crippen MR) is 57.8 cm³/mol. The Hall–Kier alpha value is -1.69. The van der Waals surface area contributed by atoms with Crippen molar-refractivity contribution < 1.29 is 14.4 Å². The molecule has 0 aliphatic heterocycles. The van der Waals surface area contributed by atoms with Gasteiger partial charge in [0.05, 0.1) is 11.5 Å². The van der Waals surface area contributed by atoms with E-state index in [1.807, 2.05) is 6.92 Å². The molecule has 0 radical (unpaired) electrons. The molecule has 2 N–H and O–H groups in total. The van der Waals surface area contributed by atoms with Crippen LogP contribution in [-0.4, -0.2) is 22.7 Å². The molecule has 88 valence electrons. The number of hydrogen-bond donors (Lipinski definition) is 2. The molecule has 1 aromatic carbocycles. The Labute approximate surface area is 92.1 Å². The topological polar surface area (TPSA) is 75.4 Å². The zero-order valence-corrected chi connectivity index (χ0v) is 8.81. The Morgan fingerprint density at radius 2 is 2.31 bits per heavy atom. The lowest BCUT2D eigenvalue weighted by molar-refractivity contribution is -0.386. The first-order chi connectivity index (χ1) is 7.60. The Morgan fingerprint density at radius 3 is 2.81 bits per heavy atom. The quantitative estimate of drug-likeness (QED) is 0.596. The summed E-state index contributed by atoms with van der Waals surface area (Å²) < 4.78 is 13.2. The number of hydrogen-bond acceptors (Lipinski definition) is 4. The summed E-state index contributed by atoms with van der Waals surface area (Å²) in [6.45, 7) is 1.66. The third-order valence-corrected chi connectivity index (χ3v) is 2.24. The molecule has 0 unspecified atom stereocenters. The van der Waals surface area contributed by atoms with E-state index in [0.29, 0.717) is 6.42 Å². The summed E-state index contributed by atoms with van der Waals surface area (Å²) in [5.74, 6) is -0.886. The van der Waals surface area contributed by atoms with Crippen molar-refractivity contribution in [2.45, 2.75) is 19.4 Å². The Morgan fingerprint density at radius 1 is 1.62 bits per heavy atom. The van der Waals surface area contributed by atoms with Crippen LogP contribution in [0.25, 0.3) is 0 Å². The number of nitro groups is 1. The molecule has 0 spiro atoms. The van der Waals surface area contributed by atoms with E-state index < -0.39 is 16.4 Å². The summed E-state index contributed by atoms with van der Waals surface area (Å²) in [6, 6.07) is 3.51. The number of aliphatic hydroxyl groups excluding tert-OH is 1. The molecule has 6 heteroatoms. The van der Waals surface area contributed by atoms with E-state index in [0.717, 1.165) is 6.07 Å². The van der Waals surface area contributed by atoms with Crippen LogP contribution in [0.5, 0.6) is 0 Å². The highest BCUT2D eigenvalue weighted by Crippen LogP contribution is 2.27. The van der Waals surface area contributed by atoms with Crippen LogP contribution in [0.2, 0.25) is 0 Å². The largest absolute Gasteiger partial charge is 0.394 e. The van der Waals surface area contributed by atoms with Gasteiger partial charge in [-0.05, 0) is 18.6 Å². The van der Waals surface area contributed by atoms with Crippen molar-refractivity contribution in [3.63, 3.8) is 0 Å². The van der Waals surface area contributed by atoms with Crippen LogP contribution in [-0.2, 0) is 0 Å². The first-order valence-electron chi connectivity index (χ1n) is 4.90. The molecular weight excluding hydrogens is 215 g/mol. The van der Waals surface area contributed by atoms with Crippen LogP contribution in [0.3, 0.4) is 0 Å². The van der Waals surface area contributed by atoms with Crippen molar-refractivity contribution in [2.24, 2.45) is 0 Å². The maximum absolute atomic E-state index is 13.2. The van der Waals surface area contributed by atoms with Gasteiger partial charge in [0.25, 0.3) is 0 Å². The SMILES string of the molecule is CC[C@@H](CO)Nc1cccc(F)c1[N+](=O)[O-]. The smallest absolute Gasteiger partial charge is 0.327 e. The van der Waals surface area contributed by atoms with Crippen LogP contribution < -0.4 is 5.32 Å². The second-order valence-electron chi connectivity index (χ2n) is 3.33. The van der Waals surface area contributed by atoms with E-state index in [-0.39, 0.29) is 18.3 Å². The normalized spacial score (nSPS) is 12.2. The molecule has 1 aromatic rings. The highest BCUT2D eigenvalue weighted by Gasteiger charge is 2.21. The van der Waals surface area contributed by atoms with E-state index >= 15 is 0 Å². The summed E-state index contributed by atoms with van der Waals surface area (Å²) in [5.41, 5.74) is -0.500. The number of halogens is 1. The number of benzene rings is 1. The first kappa shape index (κ1) is 12.4. The summed E-state index contributed by atoms with van der Waals surface area (Å²) in [6.07, 6.45) is 0.587. The number of anilines is 1. The molecule has 0 heterocycles. The minimum absolute atomic E-state index is 0.0888. The van der Waals surface area contributed by atoms with Gasteiger partial charge in [-0.3, -0.25) is 10.1 Å². The average Bonchev–Trinajstić information content (AvgIpc) is 2.25. The molecule has 0 amide bonds. The van der Waals surface area contributed by atoms with Gasteiger partial charge in [-0.2, -0.15) is 4.39 Å². The fourth-order valence-electron chi connectivity index (χ4n) is 1.31. The van der Waals surface area contributed by atoms with Gasteiger partial charge in [0.2, 0.25) is 5.82 Å². The van der Waals surface area contributed by atoms with E-state index in [1.165, 1.54) is 12.1 Å². The minimum Gasteiger partial charge on any atom is -0.394 e. The average molecular weight is 228 g/mol. The third kappa shape index (κ3) is 2.66.